The third kappa shape index (κ3) is 7.96. The molecule has 220 valence electrons. The van der Waals surface area contributed by atoms with Crippen molar-refractivity contribution < 1.29 is 37.1 Å². The van der Waals surface area contributed by atoms with Gasteiger partial charge >= 0.3 is 18.2 Å². The molecule has 0 bridgehead atoms. The molecule has 7 nitrogen and oxygen atoms in total. The van der Waals surface area contributed by atoms with Gasteiger partial charge in [-0.2, -0.15) is 13.2 Å². The second-order valence-corrected chi connectivity index (χ2v) is 9.83. The Labute approximate surface area is 239 Å². The van der Waals surface area contributed by atoms with Gasteiger partial charge in [0.15, 0.2) is 0 Å². The Kier molecular flexibility index (Phi) is 9.61. The number of carbonyl (C=O) groups is 3. The Balaban J connectivity index is 1.58. The first-order chi connectivity index (χ1) is 20.0. The average Bonchev–Trinajstić information content (AvgIpc) is 2.97. The molecule has 3 amide bonds. The zero-order valence-electron chi connectivity index (χ0n) is 22.5. The van der Waals surface area contributed by atoms with E-state index in [0.29, 0.717) is 29.4 Å². The summed E-state index contributed by atoms with van der Waals surface area (Å²) in [6.45, 7) is -0.0851. The van der Waals surface area contributed by atoms with Gasteiger partial charge in [0.2, 0.25) is 0 Å². The minimum absolute atomic E-state index is 0.0388. The summed E-state index contributed by atoms with van der Waals surface area (Å²) in [5, 5.41) is 13.5. The summed E-state index contributed by atoms with van der Waals surface area (Å²) < 4.78 is 54.1. The van der Waals surface area contributed by atoms with E-state index in [0.717, 1.165) is 31.2 Å². The van der Waals surface area contributed by atoms with Crippen LogP contribution in [-0.2, 0) is 17.5 Å². The van der Waals surface area contributed by atoms with Gasteiger partial charge in [0.25, 0.3) is 5.91 Å². The first kappa shape index (κ1) is 30.3. The highest BCUT2D eigenvalue weighted by Crippen LogP contribution is 2.33. The Morgan fingerprint density at radius 2 is 1.64 bits per heavy atom. The van der Waals surface area contributed by atoms with Crippen LogP contribution in [0.4, 0.5) is 33.7 Å². The lowest BCUT2D eigenvalue weighted by Gasteiger charge is -2.24. The number of benzene rings is 3. The molecule has 3 aromatic carbocycles. The fourth-order valence-corrected chi connectivity index (χ4v) is 4.55. The zero-order valence-corrected chi connectivity index (χ0v) is 22.5. The molecule has 0 fully saturated rings. The van der Waals surface area contributed by atoms with Crippen LogP contribution in [0.15, 0.2) is 72.8 Å². The molecule has 0 spiro atoms. The van der Waals surface area contributed by atoms with Crippen LogP contribution in [0.1, 0.15) is 59.2 Å². The van der Waals surface area contributed by atoms with Crippen molar-refractivity contribution in [2.45, 2.75) is 44.8 Å². The number of aliphatic carboxylic acids is 1. The molecule has 1 aliphatic rings. The lowest BCUT2D eigenvalue weighted by Crippen LogP contribution is -2.35. The van der Waals surface area contributed by atoms with E-state index in [1.54, 1.807) is 24.3 Å². The topological polar surface area (TPSA) is 98.7 Å². The molecule has 0 saturated carbocycles. The van der Waals surface area contributed by atoms with Crippen molar-refractivity contribution >= 4 is 34.9 Å². The fraction of sp³-hybridized carbons (Fsp3) is 0.258. The molecule has 3 N–H and O–H groups in total. The molecular weight excluding hydrogens is 554 g/mol. The SMILES string of the molecule is O=C(O)CCNC(=O)c1ccc(CN(C(=O)Nc2cc(C(F)(F)F)ccc2F)c2ccc(C3=CCCCC3)cc2)cc1. The van der Waals surface area contributed by atoms with Crippen LogP contribution in [0.2, 0.25) is 0 Å². The number of urea groups is 1. The number of rotatable bonds is 9. The molecule has 4 rings (SSSR count). The van der Waals surface area contributed by atoms with E-state index in [4.69, 9.17) is 5.11 Å². The van der Waals surface area contributed by atoms with Crippen LogP contribution in [0.5, 0.6) is 0 Å². The van der Waals surface area contributed by atoms with E-state index in [1.807, 2.05) is 12.1 Å². The van der Waals surface area contributed by atoms with Gasteiger partial charge in [-0.25, -0.2) is 9.18 Å². The quantitative estimate of drug-likeness (QED) is 0.231. The molecule has 42 heavy (non-hydrogen) atoms. The maximum absolute atomic E-state index is 14.4. The number of nitrogens with zero attached hydrogens (tertiary/aromatic N) is 1. The number of halogens is 4. The molecule has 11 heteroatoms. The molecule has 3 aromatic rings. The van der Waals surface area contributed by atoms with Gasteiger partial charge in [0.05, 0.1) is 24.2 Å². The minimum Gasteiger partial charge on any atom is -0.481 e. The molecule has 1 aliphatic carbocycles. The average molecular weight is 584 g/mol. The standard InChI is InChI=1S/C31H29F4N3O4/c32-26-15-12-24(31(33,34)35)18-27(26)37-30(42)38(25-13-10-22(11-14-25)21-4-2-1-3-5-21)19-20-6-8-23(9-7-20)29(41)36-17-16-28(39)40/h4,6-15,18H,1-3,5,16-17,19H2,(H,36,41)(H,37,42)(H,39,40). The Bertz CT molecular complexity index is 1470. The summed E-state index contributed by atoms with van der Waals surface area (Å²) in [5.41, 5.74) is 1.76. The summed E-state index contributed by atoms with van der Waals surface area (Å²) >= 11 is 0. The van der Waals surface area contributed by atoms with Crippen molar-refractivity contribution in [1.29, 1.82) is 0 Å². The molecular formula is C31H29F4N3O4. The van der Waals surface area contributed by atoms with Crippen LogP contribution < -0.4 is 15.5 Å². The first-order valence-electron chi connectivity index (χ1n) is 13.3. The van der Waals surface area contributed by atoms with Gasteiger partial charge in [0.1, 0.15) is 5.82 Å². The van der Waals surface area contributed by atoms with Crippen LogP contribution in [0.25, 0.3) is 5.57 Å². The molecule has 0 radical (unpaired) electrons. The predicted octanol–water partition coefficient (Wildman–Crippen LogP) is 7.25. The molecule has 0 aliphatic heterocycles. The summed E-state index contributed by atoms with van der Waals surface area (Å²) in [6.07, 6.45) is 1.37. The summed E-state index contributed by atoms with van der Waals surface area (Å²) in [5.74, 6) is -2.53. The molecule has 0 heterocycles. The summed E-state index contributed by atoms with van der Waals surface area (Å²) in [4.78, 5) is 37.6. The number of allylic oxidation sites excluding steroid dienone is 2. The normalized spacial score (nSPS) is 13.2. The van der Waals surface area contributed by atoms with Crippen LogP contribution in [0, 0.1) is 5.82 Å². The van der Waals surface area contributed by atoms with E-state index >= 15 is 0 Å². The zero-order chi connectivity index (χ0) is 30.3. The van der Waals surface area contributed by atoms with E-state index in [-0.39, 0.29) is 25.1 Å². The van der Waals surface area contributed by atoms with Gasteiger partial charge < -0.3 is 15.7 Å². The number of carboxylic acid groups (broad SMARTS) is 1. The smallest absolute Gasteiger partial charge is 0.416 e. The maximum Gasteiger partial charge on any atom is 0.416 e. The van der Waals surface area contributed by atoms with E-state index < -0.39 is 41.2 Å². The van der Waals surface area contributed by atoms with Gasteiger partial charge in [-0.1, -0.05) is 30.3 Å². The lowest BCUT2D eigenvalue weighted by atomic mass is 9.93. The number of hydrogen-bond donors (Lipinski definition) is 3. The predicted molar refractivity (Wildman–Crippen MR) is 151 cm³/mol. The Morgan fingerprint density at radius 3 is 2.26 bits per heavy atom. The molecule has 0 saturated heterocycles. The molecule has 0 atom stereocenters. The van der Waals surface area contributed by atoms with E-state index in [9.17, 15) is 31.9 Å². The third-order valence-corrected chi connectivity index (χ3v) is 6.80. The summed E-state index contributed by atoms with van der Waals surface area (Å²) in [6, 6.07) is 14.3. The highest BCUT2D eigenvalue weighted by atomic mass is 19.4. The van der Waals surface area contributed by atoms with Gasteiger partial charge in [0, 0.05) is 17.8 Å². The number of amides is 3. The number of carbonyl (C=O) groups excluding carboxylic acids is 2. The number of carboxylic acids is 1. The van der Waals surface area contributed by atoms with Crippen LogP contribution >= 0.6 is 0 Å². The van der Waals surface area contributed by atoms with Crippen molar-refractivity contribution in [2.24, 2.45) is 0 Å². The molecule has 0 aromatic heterocycles. The van der Waals surface area contributed by atoms with Crippen molar-refractivity contribution in [3.63, 3.8) is 0 Å². The van der Waals surface area contributed by atoms with Crippen molar-refractivity contribution in [3.8, 4) is 0 Å². The second kappa shape index (κ2) is 13.3. The highest BCUT2D eigenvalue weighted by molar-refractivity contribution is 6.02. The van der Waals surface area contributed by atoms with Gasteiger partial charge in [-0.15, -0.1) is 0 Å². The third-order valence-electron chi connectivity index (χ3n) is 6.80. The van der Waals surface area contributed by atoms with E-state index in [2.05, 4.69) is 16.7 Å². The Morgan fingerprint density at radius 1 is 0.929 bits per heavy atom. The number of nitrogens with one attached hydrogen (secondary N) is 2. The number of hydrogen-bond acceptors (Lipinski definition) is 3. The van der Waals surface area contributed by atoms with Crippen LogP contribution in [0.3, 0.4) is 0 Å². The number of anilines is 2. The second-order valence-electron chi connectivity index (χ2n) is 9.83. The van der Waals surface area contributed by atoms with Crippen LogP contribution in [-0.4, -0.2) is 29.6 Å². The Hall–Kier alpha value is -4.67. The number of alkyl halides is 3. The van der Waals surface area contributed by atoms with Crippen molar-refractivity contribution in [3.05, 3.63) is 101 Å². The highest BCUT2D eigenvalue weighted by Gasteiger charge is 2.31. The lowest BCUT2D eigenvalue weighted by molar-refractivity contribution is -0.138. The van der Waals surface area contributed by atoms with Gasteiger partial charge in [-0.05, 0) is 84.8 Å². The van der Waals surface area contributed by atoms with Crippen molar-refractivity contribution in [2.75, 3.05) is 16.8 Å². The van der Waals surface area contributed by atoms with Crippen molar-refractivity contribution in [1.82, 2.24) is 5.32 Å². The maximum atomic E-state index is 14.4. The molecule has 0 unspecified atom stereocenters. The van der Waals surface area contributed by atoms with E-state index in [1.165, 1.54) is 22.6 Å². The summed E-state index contributed by atoms with van der Waals surface area (Å²) in [7, 11) is 0. The minimum atomic E-state index is -4.72. The fourth-order valence-electron chi connectivity index (χ4n) is 4.55. The first-order valence-corrected chi connectivity index (χ1v) is 13.3. The monoisotopic (exact) mass is 583 g/mol. The largest absolute Gasteiger partial charge is 0.481 e. The van der Waals surface area contributed by atoms with Gasteiger partial charge in [-0.3, -0.25) is 14.5 Å².